The van der Waals surface area contributed by atoms with Gasteiger partial charge in [0.2, 0.25) is 0 Å². The van der Waals surface area contributed by atoms with Crippen LogP contribution in [0.15, 0.2) is 0 Å². The summed E-state index contributed by atoms with van der Waals surface area (Å²) in [5, 5.41) is 8.17. The molecule has 3 nitrogen and oxygen atoms in total. The predicted octanol–water partition coefficient (Wildman–Crippen LogP) is 1.41. The molecule has 0 aromatic carbocycles. The fraction of sp³-hybridized carbons (Fsp3) is 0.833. The molecule has 0 aliphatic rings. The molecule has 0 fully saturated rings. The van der Waals surface area contributed by atoms with Gasteiger partial charge in [-0.05, 0) is 19.4 Å². The summed E-state index contributed by atoms with van der Waals surface area (Å²) >= 11 is 0. The van der Waals surface area contributed by atoms with E-state index < -0.39 is 24.5 Å². The first-order chi connectivity index (χ1) is 5.39. The smallest absolute Gasteiger partial charge is 0.402 e. The van der Waals surface area contributed by atoms with Crippen molar-refractivity contribution < 1.29 is 23.1 Å². The van der Waals surface area contributed by atoms with Gasteiger partial charge in [0.1, 0.15) is 0 Å². The number of carboxylic acid groups (broad SMARTS) is 1. The second kappa shape index (κ2) is 6.04. The number of aliphatic carboxylic acids is 1. The monoisotopic (exact) mass is 221 g/mol. The molecule has 3 N–H and O–H groups in total. The van der Waals surface area contributed by atoms with Gasteiger partial charge >= 0.3 is 12.1 Å². The number of rotatable bonds is 4. The van der Waals surface area contributed by atoms with Gasteiger partial charge in [-0.15, -0.1) is 12.4 Å². The number of halogens is 4. The largest absolute Gasteiger partial charge is 0.481 e. The van der Waals surface area contributed by atoms with Gasteiger partial charge in [-0.25, -0.2) is 0 Å². The maximum Gasteiger partial charge on any atom is 0.402 e. The van der Waals surface area contributed by atoms with Gasteiger partial charge in [0.15, 0.2) is 5.92 Å². The van der Waals surface area contributed by atoms with Gasteiger partial charge in [0.25, 0.3) is 0 Å². The van der Waals surface area contributed by atoms with Gasteiger partial charge in [-0.1, -0.05) is 0 Å². The zero-order valence-electron chi connectivity index (χ0n) is 6.67. The third-order valence-electron chi connectivity index (χ3n) is 1.39. The highest BCUT2D eigenvalue weighted by molar-refractivity contribution is 5.85. The van der Waals surface area contributed by atoms with E-state index in [0.717, 1.165) is 0 Å². The molecular formula is C6H11ClF3NO2. The molecule has 0 amide bonds. The standard InChI is InChI=1S/C6H10F3NO2.ClH/c7-6(8,9)4(5(11)12)2-1-3-10;/h4H,1-3,10H2,(H,11,12);1H. The summed E-state index contributed by atoms with van der Waals surface area (Å²) in [5.74, 6) is -4.11. The first-order valence-corrected chi connectivity index (χ1v) is 3.39. The highest BCUT2D eigenvalue weighted by Crippen LogP contribution is 2.29. The SMILES string of the molecule is Cl.NCCCC(C(=O)O)C(F)(F)F. The van der Waals surface area contributed by atoms with Crippen LogP contribution in [0.5, 0.6) is 0 Å². The lowest BCUT2D eigenvalue weighted by Gasteiger charge is -2.14. The Morgan fingerprint density at radius 2 is 1.92 bits per heavy atom. The van der Waals surface area contributed by atoms with Crippen molar-refractivity contribution in [2.75, 3.05) is 6.54 Å². The van der Waals surface area contributed by atoms with Crippen molar-refractivity contribution in [3.63, 3.8) is 0 Å². The van der Waals surface area contributed by atoms with Gasteiger partial charge in [0.05, 0.1) is 0 Å². The molecule has 0 saturated heterocycles. The Balaban J connectivity index is 0. The van der Waals surface area contributed by atoms with Crippen molar-refractivity contribution >= 4 is 18.4 Å². The van der Waals surface area contributed by atoms with E-state index in [0.29, 0.717) is 0 Å². The number of alkyl halides is 3. The molecule has 1 unspecified atom stereocenters. The predicted molar refractivity (Wildman–Crippen MR) is 42.7 cm³/mol. The van der Waals surface area contributed by atoms with Gasteiger partial charge < -0.3 is 10.8 Å². The lowest BCUT2D eigenvalue weighted by atomic mass is 10.0. The third kappa shape index (κ3) is 5.70. The molecular weight excluding hydrogens is 211 g/mol. The van der Waals surface area contributed by atoms with E-state index in [1.54, 1.807) is 0 Å². The second-order valence-corrected chi connectivity index (χ2v) is 2.36. The van der Waals surface area contributed by atoms with Gasteiger partial charge in [-0.2, -0.15) is 13.2 Å². The van der Waals surface area contributed by atoms with E-state index in [9.17, 15) is 18.0 Å². The van der Waals surface area contributed by atoms with E-state index in [1.807, 2.05) is 0 Å². The molecule has 0 heterocycles. The van der Waals surface area contributed by atoms with Crippen LogP contribution in [-0.2, 0) is 4.79 Å². The zero-order valence-corrected chi connectivity index (χ0v) is 7.49. The van der Waals surface area contributed by atoms with Crippen LogP contribution in [0.1, 0.15) is 12.8 Å². The van der Waals surface area contributed by atoms with E-state index in [4.69, 9.17) is 10.8 Å². The van der Waals surface area contributed by atoms with Gasteiger partial charge in [-0.3, -0.25) is 4.79 Å². The Morgan fingerprint density at radius 1 is 1.46 bits per heavy atom. The van der Waals surface area contributed by atoms with Crippen molar-refractivity contribution in [3.05, 3.63) is 0 Å². The summed E-state index contributed by atoms with van der Waals surface area (Å²) in [5.41, 5.74) is 4.96. The number of hydrogen-bond acceptors (Lipinski definition) is 2. The van der Waals surface area contributed by atoms with Crippen LogP contribution >= 0.6 is 12.4 Å². The summed E-state index contributed by atoms with van der Waals surface area (Å²) in [6, 6.07) is 0. The Hall–Kier alpha value is -0.490. The van der Waals surface area contributed by atoms with Crippen molar-refractivity contribution in [2.45, 2.75) is 19.0 Å². The minimum atomic E-state index is -4.67. The Labute approximate surface area is 79.5 Å². The average molecular weight is 222 g/mol. The number of hydrogen-bond donors (Lipinski definition) is 2. The Kier molecular flexibility index (Phi) is 6.97. The van der Waals surface area contributed by atoms with E-state index in [-0.39, 0.29) is 25.4 Å². The molecule has 7 heteroatoms. The molecule has 80 valence electrons. The summed E-state index contributed by atoms with van der Waals surface area (Å²) in [6.07, 6.45) is -5.05. The molecule has 1 atom stereocenters. The Morgan fingerprint density at radius 3 is 2.15 bits per heavy atom. The van der Waals surface area contributed by atoms with Crippen LogP contribution in [0.2, 0.25) is 0 Å². The van der Waals surface area contributed by atoms with Crippen LogP contribution in [0, 0.1) is 5.92 Å². The van der Waals surface area contributed by atoms with E-state index in [2.05, 4.69) is 0 Å². The number of carboxylic acids is 1. The normalized spacial score (nSPS) is 13.2. The van der Waals surface area contributed by atoms with Crippen molar-refractivity contribution in [2.24, 2.45) is 11.7 Å². The zero-order chi connectivity index (χ0) is 9.78. The highest BCUT2D eigenvalue weighted by Gasteiger charge is 2.44. The lowest BCUT2D eigenvalue weighted by molar-refractivity contribution is -0.194. The lowest BCUT2D eigenvalue weighted by Crippen LogP contribution is -2.30. The minimum Gasteiger partial charge on any atom is -0.481 e. The number of carbonyl (C=O) groups is 1. The highest BCUT2D eigenvalue weighted by atomic mass is 35.5. The molecule has 13 heavy (non-hydrogen) atoms. The molecule has 0 saturated carbocycles. The maximum absolute atomic E-state index is 11.9. The van der Waals surface area contributed by atoms with Crippen molar-refractivity contribution in [1.82, 2.24) is 0 Å². The molecule has 0 aliphatic carbocycles. The summed E-state index contributed by atoms with van der Waals surface area (Å²) < 4.78 is 35.6. The summed E-state index contributed by atoms with van der Waals surface area (Å²) in [4.78, 5) is 10.1. The minimum absolute atomic E-state index is 0. The fourth-order valence-electron chi connectivity index (χ4n) is 0.749. The molecule has 0 spiro atoms. The molecule has 0 aromatic rings. The van der Waals surface area contributed by atoms with Crippen LogP contribution in [0.4, 0.5) is 13.2 Å². The van der Waals surface area contributed by atoms with Gasteiger partial charge in [0, 0.05) is 0 Å². The number of nitrogens with two attached hydrogens (primary N) is 1. The molecule has 0 rings (SSSR count). The average Bonchev–Trinajstić information content (AvgIpc) is 1.84. The molecule has 0 radical (unpaired) electrons. The first-order valence-electron chi connectivity index (χ1n) is 3.39. The first kappa shape index (κ1) is 15.0. The summed E-state index contributed by atoms with van der Waals surface area (Å²) in [7, 11) is 0. The van der Waals surface area contributed by atoms with Crippen molar-refractivity contribution in [1.29, 1.82) is 0 Å². The second-order valence-electron chi connectivity index (χ2n) is 2.36. The maximum atomic E-state index is 11.9. The molecule has 0 aliphatic heterocycles. The van der Waals surface area contributed by atoms with Crippen LogP contribution < -0.4 is 5.73 Å². The third-order valence-corrected chi connectivity index (χ3v) is 1.39. The van der Waals surface area contributed by atoms with E-state index >= 15 is 0 Å². The van der Waals surface area contributed by atoms with Crippen LogP contribution in [0.3, 0.4) is 0 Å². The topological polar surface area (TPSA) is 63.3 Å². The fourth-order valence-corrected chi connectivity index (χ4v) is 0.749. The molecule has 0 aromatic heterocycles. The van der Waals surface area contributed by atoms with Crippen LogP contribution in [0.25, 0.3) is 0 Å². The van der Waals surface area contributed by atoms with E-state index in [1.165, 1.54) is 0 Å². The quantitative estimate of drug-likeness (QED) is 0.755. The summed E-state index contributed by atoms with van der Waals surface area (Å²) in [6.45, 7) is 0.0693. The Bertz CT molecular complexity index is 162. The molecule has 0 bridgehead atoms. The van der Waals surface area contributed by atoms with Crippen LogP contribution in [-0.4, -0.2) is 23.8 Å². The van der Waals surface area contributed by atoms with Crippen molar-refractivity contribution in [3.8, 4) is 0 Å².